The first-order valence-electron chi connectivity index (χ1n) is 7.33. The molecule has 1 atom stereocenters. The monoisotopic (exact) mass is 291 g/mol. The summed E-state index contributed by atoms with van der Waals surface area (Å²) in [7, 11) is 0. The molecule has 1 aliphatic heterocycles. The van der Waals surface area contributed by atoms with Crippen molar-refractivity contribution in [3.05, 3.63) is 29.7 Å². The number of esters is 1. The first kappa shape index (κ1) is 15.4. The highest BCUT2D eigenvalue weighted by molar-refractivity contribution is 5.94. The van der Waals surface area contributed by atoms with E-state index in [1.807, 2.05) is 13.0 Å². The number of aryl methyl sites for hydroxylation is 1. The van der Waals surface area contributed by atoms with Gasteiger partial charge in [-0.15, -0.1) is 0 Å². The van der Waals surface area contributed by atoms with E-state index in [1.54, 1.807) is 24.0 Å². The molecule has 0 bridgehead atoms. The van der Waals surface area contributed by atoms with Crippen LogP contribution in [0.4, 0.5) is 0 Å². The molecular weight excluding hydrogens is 270 g/mol. The van der Waals surface area contributed by atoms with E-state index in [-0.39, 0.29) is 11.9 Å². The lowest BCUT2D eigenvalue weighted by Gasteiger charge is -2.33. The van der Waals surface area contributed by atoms with Crippen molar-refractivity contribution in [3.8, 4) is 0 Å². The van der Waals surface area contributed by atoms with Crippen molar-refractivity contribution in [2.45, 2.75) is 39.2 Å². The van der Waals surface area contributed by atoms with Crippen LogP contribution in [0.2, 0.25) is 0 Å². The van der Waals surface area contributed by atoms with Crippen LogP contribution >= 0.6 is 0 Å². The Labute approximate surface area is 124 Å². The quantitative estimate of drug-likeness (QED) is 0.632. The number of rotatable bonds is 4. The van der Waals surface area contributed by atoms with E-state index in [4.69, 9.17) is 9.15 Å². The summed E-state index contributed by atoms with van der Waals surface area (Å²) in [5.41, 5.74) is 0. The maximum absolute atomic E-state index is 12.3. The number of furan rings is 1. The van der Waals surface area contributed by atoms with E-state index in [0.29, 0.717) is 25.3 Å². The van der Waals surface area contributed by atoms with Gasteiger partial charge in [-0.3, -0.25) is 4.79 Å². The number of nitrogens with zero attached hydrogens (tertiary/aromatic N) is 1. The minimum absolute atomic E-state index is 0.179. The van der Waals surface area contributed by atoms with E-state index in [0.717, 1.165) is 18.6 Å². The third-order valence-corrected chi connectivity index (χ3v) is 3.50. The normalized spacial score (nSPS) is 19.0. The molecule has 114 valence electrons. The predicted octanol–water partition coefficient (Wildman–Crippen LogP) is 2.55. The molecule has 1 aliphatic rings. The maximum atomic E-state index is 12.3. The Kier molecular flexibility index (Phi) is 5.20. The molecule has 1 fully saturated rings. The molecular formula is C16H21NO4. The average Bonchev–Trinajstić information content (AvgIpc) is 2.90. The number of hydrogen-bond acceptors (Lipinski definition) is 4. The second-order valence-corrected chi connectivity index (χ2v) is 5.08. The lowest BCUT2D eigenvalue weighted by molar-refractivity contribution is -0.155. The van der Waals surface area contributed by atoms with Crippen molar-refractivity contribution in [3.63, 3.8) is 0 Å². The molecule has 1 amide bonds. The van der Waals surface area contributed by atoms with Crippen LogP contribution in [-0.2, 0) is 14.3 Å². The van der Waals surface area contributed by atoms with Crippen LogP contribution in [0.25, 0.3) is 6.08 Å². The molecule has 0 aliphatic carbocycles. The van der Waals surface area contributed by atoms with Gasteiger partial charge in [0.15, 0.2) is 0 Å². The highest BCUT2D eigenvalue weighted by atomic mass is 16.5. The van der Waals surface area contributed by atoms with Gasteiger partial charge in [0.2, 0.25) is 5.91 Å². The Bertz CT molecular complexity index is 532. The molecule has 21 heavy (non-hydrogen) atoms. The molecule has 1 aromatic rings. The number of carbonyl (C=O) groups excluding carboxylic acids is 2. The van der Waals surface area contributed by atoms with Crippen LogP contribution in [-0.4, -0.2) is 36.0 Å². The fourth-order valence-corrected chi connectivity index (χ4v) is 2.47. The van der Waals surface area contributed by atoms with E-state index >= 15 is 0 Å². The van der Waals surface area contributed by atoms with Crippen molar-refractivity contribution in [1.29, 1.82) is 0 Å². The Morgan fingerprint density at radius 2 is 2.24 bits per heavy atom. The van der Waals surface area contributed by atoms with Crippen LogP contribution in [0, 0.1) is 6.92 Å². The molecule has 1 unspecified atom stereocenters. The number of likely N-dealkylation sites (tertiary alicyclic amines) is 1. The smallest absolute Gasteiger partial charge is 0.328 e. The molecule has 2 rings (SSSR count). The lowest BCUT2D eigenvalue weighted by Crippen LogP contribution is -2.48. The summed E-state index contributed by atoms with van der Waals surface area (Å²) < 4.78 is 10.4. The summed E-state index contributed by atoms with van der Waals surface area (Å²) in [6.07, 6.45) is 5.60. The van der Waals surface area contributed by atoms with Crippen molar-refractivity contribution in [2.75, 3.05) is 13.2 Å². The standard InChI is InChI=1S/C16H21NO4/c1-3-20-16(19)14-6-4-5-11-17(14)15(18)10-9-13-8-7-12(2)21-13/h7-10,14H,3-6,11H2,1-2H3/b10-9+. The van der Waals surface area contributed by atoms with Crippen molar-refractivity contribution in [1.82, 2.24) is 4.90 Å². The minimum Gasteiger partial charge on any atom is -0.464 e. The Morgan fingerprint density at radius 3 is 2.90 bits per heavy atom. The molecule has 0 saturated carbocycles. The SMILES string of the molecule is CCOC(=O)C1CCCCN1C(=O)/C=C/c1ccc(C)o1. The summed E-state index contributed by atoms with van der Waals surface area (Å²) in [4.78, 5) is 25.8. The highest BCUT2D eigenvalue weighted by Gasteiger charge is 2.32. The summed E-state index contributed by atoms with van der Waals surface area (Å²) in [6, 6.07) is 3.18. The molecule has 0 N–H and O–H groups in total. The Balaban J connectivity index is 2.04. The molecule has 5 nitrogen and oxygen atoms in total. The second-order valence-electron chi connectivity index (χ2n) is 5.08. The fraction of sp³-hybridized carbons (Fsp3) is 0.500. The van der Waals surface area contributed by atoms with Crippen molar-refractivity contribution >= 4 is 18.0 Å². The summed E-state index contributed by atoms with van der Waals surface area (Å²) >= 11 is 0. The zero-order valence-electron chi connectivity index (χ0n) is 12.5. The number of amides is 1. The highest BCUT2D eigenvalue weighted by Crippen LogP contribution is 2.19. The van der Waals surface area contributed by atoms with Gasteiger partial charge in [0.05, 0.1) is 6.61 Å². The summed E-state index contributed by atoms with van der Waals surface area (Å²) in [6.45, 7) is 4.54. The molecule has 2 heterocycles. The van der Waals surface area contributed by atoms with Gasteiger partial charge in [0, 0.05) is 12.6 Å². The molecule has 5 heteroatoms. The van der Waals surface area contributed by atoms with E-state index < -0.39 is 6.04 Å². The van der Waals surface area contributed by atoms with Gasteiger partial charge in [-0.2, -0.15) is 0 Å². The van der Waals surface area contributed by atoms with E-state index in [1.165, 1.54) is 6.08 Å². The third kappa shape index (κ3) is 3.97. The van der Waals surface area contributed by atoms with Crippen molar-refractivity contribution in [2.24, 2.45) is 0 Å². The van der Waals surface area contributed by atoms with E-state index in [2.05, 4.69) is 0 Å². The number of carbonyl (C=O) groups is 2. The number of ether oxygens (including phenoxy) is 1. The number of hydrogen-bond donors (Lipinski definition) is 0. The largest absolute Gasteiger partial charge is 0.464 e. The first-order chi connectivity index (χ1) is 10.1. The van der Waals surface area contributed by atoms with Crippen LogP contribution in [0.15, 0.2) is 22.6 Å². The van der Waals surface area contributed by atoms with Crippen LogP contribution in [0.3, 0.4) is 0 Å². The molecule has 1 aromatic heterocycles. The zero-order valence-corrected chi connectivity index (χ0v) is 12.5. The topological polar surface area (TPSA) is 59.8 Å². The Morgan fingerprint density at radius 1 is 1.43 bits per heavy atom. The Hall–Kier alpha value is -2.04. The zero-order chi connectivity index (χ0) is 15.2. The van der Waals surface area contributed by atoms with Gasteiger partial charge in [-0.05, 0) is 51.3 Å². The van der Waals surface area contributed by atoms with Crippen LogP contribution in [0.5, 0.6) is 0 Å². The predicted molar refractivity (Wildman–Crippen MR) is 78.5 cm³/mol. The molecule has 0 radical (unpaired) electrons. The van der Waals surface area contributed by atoms with Crippen LogP contribution in [0.1, 0.15) is 37.7 Å². The van der Waals surface area contributed by atoms with Gasteiger partial charge in [-0.1, -0.05) is 0 Å². The first-order valence-corrected chi connectivity index (χ1v) is 7.33. The van der Waals surface area contributed by atoms with Gasteiger partial charge in [0.25, 0.3) is 0 Å². The van der Waals surface area contributed by atoms with Gasteiger partial charge < -0.3 is 14.1 Å². The molecule has 0 aromatic carbocycles. The second kappa shape index (κ2) is 7.11. The maximum Gasteiger partial charge on any atom is 0.328 e. The van der Waals surface area contributed by atoms with Gasteiger partial charge in [-0.25, -0.2) is 4.79 Å². The molecule has 0 spiro atoms. The van der Waals surface area contributed by atoms with Gasteiger partial charge >= 0.3 is 5.97 Å². The number of piperidine rings is 1. The average molecular weight is 291 g/mol. The summed E-state index contributed by atoms with van der Waals surface area (Å²) in [5.74, 6) is 0.935. The van der Waals surface area contributed by atoms with Crippen molar-refractivity contribution < 1.29 is 18.7 Å². The third-order valence-electron chi connectivity index (χ3n) is 3.50. The lowest BCUT2D eigenvalue weighted by atomic mass is 10.0. The van der Waals surface area contributed by atoms with E-state index in [9.17, 15) is 9.59 Å². The van der Waals surface area contributed by atoms with Crippen LogP contribution < -0.4 is 0 Å². The summed E-state index contributed by atoms with van der Waals surface area (Å²) in [5, 5.41) is 0. The molecule has 1 saturated heterocycles. The fourth-order valence-electron chi connectivity index (χ4n) is 2.47. The minimum atomic E-state index is -0.464. The van der Waals surface area contributed by atoms with Gasteiger partial charge in [0.1, 0.15) is 17.6 Å².